The summed E-state index contributed by atoms with van der Waals surface area (Å²) in [6.45, 7) is -0.582. The zero-order valence-electron chi connectivity index (χ0n) is 22.2. The van der Waals surface area contributed by atoms with Gasteiger partial charge < -0.3 is 10.5 Å². The number of aliphatic imine (C=N–C) groups is 1. The number of ketones is 1. The second-order valence-corrected chi connectivity index (χ2v) is 11.7. The maximum absolute atomic E-state index is 14.3. The Morgan fingerprint density at radius 1 is 1.10 bits per heavy atom. The smallest absolute Gasteiger partial charge is 0.243 e. The number of sulfonamides is 1. The molecule has 1 saturated heterocycles. The number of benzene rings is 2. The molecule has 8 nitrogen and oxygen atoms in total. The summed E-state index contributed by atoms with van der Waals surface area (Å²) >= 11 is 0. The van der Waals surface area contributed by atoms with Crippen LogP contribution in [-0.2, 0) is 10.0 Å². The molecule has 1 fully saturated rings. The molecule has 0 spiro atoms. The van der Waals surface area contributed by atoms with Crippen molar-refractivity contribution in [3.05, 3.63) is 107 Å². The summed E-state index contributed by atoms with van der Waals surface area (Å²) in [6, 6.07) is 9.19. The lowest BCUT2D eigenvalue weighted by Gasteiger charge is -2.45. The minimum Gasteiger partial charge on any atom is -0.497 e. The summed E-state index contributed by atoms with van der Waals surface area (Å²) < 4.78 is 88.4. The second-order valence-electron chi connectivity index (χ2n) is 9.79. The normalized spacial score (nSPS) is 21.2. The molecule has 0 unspecified atom stereocenters. The fourth-order valence-corrected chi connectivity index (χ4v) is 6.69. The van der Waals surface area contributed by atoms with Gasteiger partial charge in [0.25, 0.3) is 0 Å². The molecule has 1 atom stereocenters. The van der Waals surface area contributed by atoms with Gasteiger partial charge in [0.2, 0.25) is 10.0 Å². The Morgan fingerprint density at radius 3 is 2.43 bits per heavy atom. The van der Waals surface area contributed by atoms with Crippen LogP contribution in [0.2, 0.25) is 0 Å². The summed E-state index contributed by atoms with van der Waals surface area (Å²) in [7, 11) is -3.17. The molecule has 218 valence electrons. The Hall–Kier alpha value is -4.36. The van der Waals surface area contributed by atoms with Crippen molar-refractivity contribution in [3.63, 3.8) is 0 Å². The summed E-state index contributed by atoms with van der Waals surface area (Å²) in [5, 5.41) is 0. The fraction of sp³-hybridized carbons (Fsp3) is 0.207. The summed E-state index contributed by atoms with van der Waals surface area (Å²) in [4.78, 5) is 22.2. The zero-order chi connectivity index (χ0) is 30.2. The van der Waals surface area contributed by atoms with E-state index in [1.54, 1.807) is 12.1 Å². The number of pyridine rings is 1. The third kappa shape index (κ3) is 5.21. The van der Waals surface area contributed by atoms with Crippen LogP contribution in [0.1, 0.15) is 23.3 Å². The van der Waals surface area contributed by atoms with Crippen molar-refractivity contribution in [2.45, 2.75) is 17.7 Å². The van der Waals surface area contributed by atoms with E-state index in [2.05, 4.69) is 9.98 Å². The van der Waals surface area contributed by atoms with Gasteiger partial charge in [0.05, 0.1) is 28.8 Å². The van der Waals surface area contributed by atoms with E-state index in [4.69, 9.17) is 10.5 Å². The monoisotopic (exact) mass is 600 g/mol. The maximum Gasteiger partial charge on any atom is 0.243 e. The van der Waals surface area contributed by atoms with E-state index in [0.717, 1.165) is 4.31 Å². The molecule has 0 bridgehead atoms. The number of hydrogen-bond donors (Lipinski definition) is 1. The molecule has 1 aromatic heterocycles. The van der Waals surface area contributed by atoms with Gasteiger partial charge >= 0.3 is 0 Å². The van der Waals surface area contributed by atoms with E-state index in [-0.39, 0.29) is 25.1 Å². The number of carbonyl (C=O) groups is 1. The molecule has 2 N–H and O–H groups in total. The Bertz CT molecular complexity index is 1750. The van der Waals surface area contributed by atoms with E-state index in [9.17, 15) is 30.8 Å². The number of Topliss-reactive ketones (excluding diaryl/α,β-unsaturated/α-hetero) is 1. The lowest BCUT2D eigenvalue weighted by molar-refractivity contribution is 0.0770. The maximum atomic E-state index is 14.3. The Labute approximate surface area is 238 Å². The summed E-state index contributed by atoms with van der Waals surface area (Å²) in [5.41, 5.74) is 6.19. The topological polar surface area (TPSA) is 115 Å². The van der Waals surface area contributed by atoms with Gasteiger partial charge in [-0.3, -0.25) is 9.78 Å². The number of nitrogens with two attached hydrogens (primary N) is 1. The van der Waals surface area contributed by atoms with Crippen molar-refractivity contribution in [3.8, 4) is 5.75 Å². The molecule has 0 amide bonds. The Balaban J connectivity index is 1.64. The number of hydrogen-bond acceptors (Lipinski definition) is 7. The van der Waals surface area contributed by atoms with E-state index in [0.29, 0.717) is 40.4 Å². The molecular weight excluding hydrogens is 576 g/mol. The highest BCUT2D eigenvalue weighted by atomic mass is 32.2. The SMILES string of the molecule is COc1ccnc(C(=O)[C@]23C/C(=C/N)C(=Nc4ccc(F)cc4)C=C2CCN(S(=O)(=O)c2cc(F)c(F)c(F)c2)C3)c1. The van der Waals surface area contributed by atoms with Gasteiger partial charge in [-0.1, -0.05) is 5.57 Å². The number of methoxy groups -OCH3 is 1. The summed E-state index contributed by atoms with van der Waals surface area (Å²) in [6.07, 6.45) is 4.22. The van der Waals surface area contributed by atoms with Crippen LogP contribution in [0.5, 0.6) is 5.75 Å². The minimum absolute atomic E-state index is 0.00587. The van der Waals surface area contributed by atoms with Crippen molar-refractivity contribution in [2.75, 3.05) is 20.2 Å². The van der Waals surface area contributed by atoms with Gasteiger partial charge in [-0.2, -0.15) is 4.31 Å². The number of rotatable bonds is 6. The molecule has 0 saturated carbocycles. The first-order valence-corrected chi connectivity index (χ1v) is 14.1. The van der Waals surface area contributed by atoms with E-state index < -0.39 is 55.9 Å². The highest BCUT2D eigenvalue weighted by Crippen LogP contribution is 2.48. The number of allylic oxidation sites excluding steroid dienone is 2. The average Bonchev–Trinajstić information content (AvgIpc) is 2.99. The molecule has 42 heavy (non-hydrogen) atoms. The third-order valence-corrected chi connectivity index (χ3v) is 9.15. The van der Waals surface area contributed by atoms with Crippen LogP contribution in [0.25, 0.3) is 0 Å². The van der Waals surface area contributed by atoms with Crippen LogP contribution in [-0.4, -0.2) is 49.4 Å². The van der Waals surface area contributed by atoms with Crippen molar-refractivity contribution in [2.24, 2.45) is 16.1 Å². The van der Waals surface area contributed by atoms with E-state index in [1.807, 2.05) is 0 Å². The quantitative estimate of drug-likeness (QED) is 0.246. The van der Waals surface area contributed by atoms with Crippen molar-refractivity contribution < 1.29 is 35.5 Å². The molecule has 0 radical (unpaired) electrons. The van der Waals surface area contributed by atoms with Gasteiger partial charge in [0, 0.05) is 25.4 Å². The van der Waals surface area contributed by atoms with Gasteiger partial charge in [0.15, 0.2) is 23.2 Å². The summed E-state index contributed by atoms with van der Waals surface area (Å²) in [5.74, 6) is -5.76. The largest absolute Gasteiger partial charge is 0.497 e. The molecule has 2 aliphatic rings. The lowest BCUT2D eigenvalue weighted by atomic mass is 9.64. The van der Waals surface area contributed by atoms with Crippen LogP contribution < -0.4 is 10.5 Å². The predicted octanol–water partition coefficient (Wildman–Crippen LogP) is 4.86. The van der Waals surface area contributed by atoms with Crippen molar-refractivity contribution in [1.82, 2.24) is 9.29 Å². The molecule has 1 aliphatic heterocycles. The van der Waals surface area contributed by atoms with Crippen LogP contribution in [0.4, 0.5) is 23.2 Å². The van der Waals surface area contributed by atoms with Crippen LogP contribution in [0.3, 0.4) is 0 Å². The van der Waals surface area contributed by atoms with Gasteiger partial charge in [-0.25, -0.2) is 31.0 Å². The predicted molar refractivity (Wildman–Crippen MR) is 146 cm³/mol. The first-order chi connectivity index (χ1) is 20.0. The zero-order valence-corrected chi connectivity index (χ0v) is 23.0. The highest BCUT2D eigenvalue weighted by molar-refractivity contribution is 7.89. The molecule has 2 heterocycles. The lowest BCUT2D eigenvalue weighted by Crippen LogP contribution is -2.53. The van der Waals surface area contributed by atoms with E-state index in [1.165, 1.54) is 49.8 Å². The van der Waals surface area contributed by atoms with E-state index >= 15 is 0 Å². The highest BCUT2D eigenvalue weighted by Gasteiger charge is 2.51. The van der Waals surface area contributed by atoms with Crippen LogP contribution in [0.15, 0.2) is 88.0 Å². The third-order valence-electron chi connectivity index (χ3n) is 7.33. The van der Waals surface area contributed by atoms with Crippen LogP contribution in [0, 0.1) is 28.7 Å². The molecule has 2 aromatic carbocycles. The molecule has 5 rings (SSSR count). The Kier molecular flexibility index (Phi) is 7.73. The first kappa shape index (κ1) is 29.1. The number of aromatic nitrogens is 1. The van der Waals surface area contributed by atoms with Gasteiger partial charge in [-0.05, 0) is 73.2 Å². The van der Waals surface area contributed by atoms with Gasteiger partial charge in [-0.15, -0.1) is 0 Å². The van der Waals surface area contributed by atoms with Crippen molar-refractivity contribution in [1.29, 1.82) is 0 Å². The number of halogens is 4. The molecule has 3 aromatic rings. The van der Waals surface area contributed by atoms with Crippen LogP contribution >= 0.6 is 0 Å². The number of carbonyl (C=O) groups excluding carboxylic acids is 1. The van der Waals surface area contributed by atoms with Crippen molar-refractivity contribution >= 4 is 27.2 Å². The second kappa shape index (κ2) is 11.1. The van der Waals surface area contributed by atoms with Gasteiger partial charge in [0.1, 0.15) is 17.3 Å². The average molecular weight is 601 g/mol. The minimum atomic E-state index is -4.59. The standard InChI is InChI=1S/C29H24F4N4O4S/c1-41-21-6-8-35-26(11-21)28(38)29-14-17(15-34)25(36-20-4-2-19(30)3-5-20)10-18(29)7-9-37(16-29)42(39,40)22-12-23(31)27(33)24(32)13-22/h2-6,8,10-13,15H,7,9,14,16,34H2,1H3/b17-15-,36-25?/t29-/m0/s1. The number of piperidine rings is 1. The number of fused-ring (bicyclic) bond motifs is 1. The Morgan fingerprint density at radius 2 is 1.79 bits per heavy atom. The molecule has 1 aliphatic carbocycles. The number of ether oxygens (including phenoxy) is 1. The number of nitrogens with zero attached hydrogens (tertiary/aromatic N) is 3. The molecular formula is C29H24F4N4O4S. The molecule has 13 heteroatoms. The first-order valence-electron chi connectivity index (χ1n) is 12.6. The fourth-order valence-electron chi connectivity index (χ4n) is 5.16.